The van der Waals surface area contributed by atoms with E-state index in [1.807, 2.05) is 12.1 Å². The van der Waals surface area contributed by atoms with Crippen molar-refractivity contribution in [2.24, 2.45) is 0 Å². The summed E-state index contributed by atoms with van der Waals surface area (Å²) >= 11 is 0. The van der Waals surface area contributed by atoms with E-state index in [2.05, 4.69) is 29.8 Å². The summed E-state index contributed by atoms with van der Waals surface area (Å²) in [4.78, 5) is 6.34. The monoisotopic (exact) mass is 233 g/mol. The van der Waals surface area contributed by atoms with E-state index in [9.17, 15) is 5.11 Å². The zero-order chi connectivity index (χ0) is 12.8. The van der Waals surface area contributed by atoms with E-state index < -0.39 is 6.10 Å². The topological polar surface area (TPSA) is 60.2 Å². The number of rotatable bonds is 5. The Hall–Kier alpha value is -1.60. The molecule has 0 amide bonds. The van der Waals surface area contributed by atoms with E-state index in [4.69, 9.17) is 5.26 Å². The van der Waals surface area contributed by atoms with Crippen LogP contribution in [0.2, 0.25) is 0 Å². The quantitative estimate of drug-likeness (QED) is 0.847. The molecule has 1 aromatic rings. The van der Waals surface area contributed by atoms with Crippen LogP contribution in [0.15, 0.2) is 18.3 Å². The lowest BCUT2D eigenvalue weighted by Gasteiger charge is -2.28. The normalized spacial score (nSPS) is 12.2. The van der Waals surface area contributed by atoms with Gasteiger partial charge in [-0.25, -0.2) is 0 Å². The second-order valence-corrected chi connectivity index (χ2v) is 4.31. The molecule has 1 heterocycles. The molecule has 0 spiro atoms. The van der Waals surface area contributed by atoms with E-state index in [1.165, 1.54) is 0 Å². The molecule has 4 nitrogen and oxygen atoms in total. The largest absolute Gasteiger partial charge is 0.387 e. The van der Waals surface area contributed by atoms with Crippen molar-refractivity contribution in [2.45, 2.75) is 39.3 Å². The number of hydrogen-bond acceptors (Lipinski definition) is 4. The maximum Gasteiger partial charge on any atom is 0.0931 e. The molecule has 0 saturated carbocycles. The standard InChI is InChI=1S/C13H19N3O/c1-10(2)16(8-4-7-14)12-5-6-13(11(3)17)15-9-12/h5-6,9-11,17H,4,8H2,1-3H3/t11-/m1/s1. The predicted octanol–water partition coefficient (Wildman–Crippen LogP) is 2.26. The van der Waals surface area contributed by atoms with E-state index >= 15 is 0 Å². The summed E-state index contributed by atoms with van der Waals surface area (Å²) in [6.45, 7) is 6.56. The van der Waals surface area contributed by atoms with Crippen LogP contribution in [0.3, 0.4) is 0 Å². The Bertz CT molecular complexity index is 379. The minimum Gasteiger partial charge on any atom is -0.387 e. The van der Waals surface area contributed by atoms with Crippen molar-refractivity contribution in [1.82, 2.24) is 4.98 Å². The molecule has 1 atom stereocenters. The second kappa shape index (κ2) is 6.21. The fraction of sp³-hybridized carbons (Fsp3) is 0.538. The lowest BCUT2D eigenvalue weighted by molar-refractivity contribution is 0.194. The van der Waals surface area contributed by atoms with Gasteiger partial charge in [0.1, 0.15) is 0 Å². The molecule has 0 aromatic carbocycles. The number of nitrogens with zero attached hydrogens (tertiary/aromatic N) is 3. The molecule has 0 saturated heterocycles. The number of nitriles is 1. The average Bonchev–Trinajstić information content (AvgIpc) is 2.29. The summed E-state index contributed by atoms with van der Waals surface area (Å²) in [5.74, 6) is 0. The number of hydrogen-bond donors (Lipinski definition) is 1. The van der Waals surface area contributed by atoms with Crippen molar-refractivity contribution >= 4 is 5.69 Å². The molecule has 92 valence electrons. The molecular formula is C13H19N3O. The van der Waals surface area contributed by atoms with Gasteiger partial charge in [0.05, 0.1) is 36.2 Å². The van der Waals surface area contributed by atoms with Gasteiger partial charge in [-0.3, -0.25) is 4.98 Å². The Balaban J connectivity index is 2.84. The van der Waals surface area contributed by atoms with Crippen LogP contribution in [0, 0.1) is 11.3 Å². The van der Waals surface area contributed by atoms with E-state index in [0.29, 0.717) is 24.7 Å². The molecule has 0 unspecified atom stereocenters. The molecule has 0 radical (unpaired) electrons. The smallest absolute Gasteiger partial charge is 0.0931 e. The lowest BCUT2D eigenvalue weighted by atomic mass is 10.2. The molecule has 0 aliphatic carbocycles. The molecule has 1 N–H and O–H groups in total. The van der Waals surface area contributed by atoms with E-state index in [0.717, 1.165) is 5.69 Å². The summed E-state index contributed by atoms with van der Waals surface area (Å²) < 4.78 is 0. The van der Waals surface area contributed by atoms with Gasteiger partial charge in [-0.2, -0.15) is 5.26 Å². The predicted molar refractivity (Wildman–Crippen MR) is 67.6 cm³/mol. The Morgan fingerprint density at radius 2 is 2.12 bits per heavy atom. The van der Waals surface area contributed by atoms with Gasteiger partial charge in [-0.15, -0.1) is 0 Å². The molecule has 17 heavy (non-hydrogen) atoms. The molecule has 0 bridgehead atoms. The number of aromatic nitrogens is 1. The maximum atomic E-state index is 9.38. The summed E-state index contributed by atoms with van der Waals surface area (Å²) in [6, 6.07) is 6.23. The molecule has 4 heteroatoms. The first kappa shape index (κ1) is 13.5. The number of anilines is 1. The van der Waals surface area contributed by atoms with Crippen LogP contribution >= 0.6 is 0 Å². The fourth-order valence-corrected chi connectivity index (χ4v) is 1.67. The van der Waals surface area contributed by atoms with Crippen LogP contribution in [0.1, 0.15) is 39.0 Å². The van der Waals surface area contributed by atoms with Gasteiger partial charge in [-0.05, 0) is 32.9 Å². The summed E-state index contributed by atoms with van der Waals surface area (Å²) in [5, 5.41) is 18.0. The van der Waals surface area contributed by atoms with Crippen LogP contribution in [0.25, 0.3) is 0 Å². The Labute approximate surface area is 103 Å². The van der Waals surface area contributed by atoms with Crippen LogP contribution in [-0.2, 0) is 0 Å². The Kier molecular flexibility index (Phi) is 4.92. The van der Waals surface area contributed by atoms with Crippen molar-refractivity contribution in [3.05, 3.63) is 24.0 Å². The van der Waals surface area contributed by atoms with E-state index in [1.54, 1.807) is 13.1 Å². The average molecular weight is 233 g/mol. The SMILES string of the molecule is CC(C)N(CCC#N)c1ccc([C@@H](C)O)nc1. The second-order valence-electron chi connectivity index (χ2n) is 4.31. The first-order chi connectivity index (χ1) is 8.06. The first-order valence-corrected chi connectivity index (χ1v) is 5.84. The minimum atomic E-state index is -0.546. The van der Waals surface area contributed by atoms with Crippen molar-refractivity contribution < 1.29 is 5.11 Å². The molecule has 0 aliphatic heterocycles. The van der Waals surface area contributed by atoms with Crippen molar-refractivity contribution in [2.75, 3.05) is 11.4 Å². The highest BCUT2D eigenvalue weighted by atomic mass is 16.3. The van der Waals surface area contributed by atoms with Gasteiger partial charge in [0.25, 0.3) is 0 Å². The van der Waals surface area contributed by atoms with Gasteiger partial charge in [0.15, 0.2) is 0 Å². The molecule has 1 rings (SSSR count). The van der Waals surface area contributed by atoms with E-state index in [-0.39, 0.29) is 0 Å². The fourth-order valence-electron chi connectivity index (χ4n) is 1.67. The number of aliphatic hydroxyl groups excluding tert-OH is 1. The van der Waals surface area contributed by atoms with Gasteiger partial charge in [0.2, 0.25) is 0 Å². The molecule has 1 aromatic heterocycles. The summed E-state index contributed by atoms with van der Waals surface area (Å²) in [5.41, 5.74) is 1.65. The zero-order valence-corrected chi connectivity index (χ0v) is 10.6. The van der Waals surface area contributed by atoms with Crippen molar-refractivity contribution in [3.8, 4) is 6.07 Å². The highest BCUT2D eigenvalue weighted by Gasteiger charge is 2.11. The Morgan fingerprint density at radius 1 is 1.41 bits per heavy atom. The maximum absolute atomic E-state index is 9.38. The highest BCUT2D eigenvalue weighted by molar-refractivity contribution is 5.45. The first-order valence-electron chi connectivity index (χ1n) is 5.84. The Morgan fingerprint density at radius 3 is 2.53 bits per heavy atom. The van der Waals surface area contributed by atoms with Gasteiger partial charge >= 0.3 is 0 Å². The van der Waals surface area contributed by atoms with Crippen LogP contribution in [0.5, 0.6) is 0 Å². The van der Waals surface area contributed by atoms with Gasteiger partial charge < -0.3 is 10.0 Å². The third kappa shape index (κ3) is 3.72. The third-order valence-corrected chi connectivity index (χ3v) is 2.62. The number of aliphatic hydroxyl groups is 1. The van der Waals surface area contributed by atoms with Crippen molar-refractivity contribution in [3.63, 3.8) is 0 Å². The number of pyridine rings is 1. The third-order valence-electron chi connectivity index (χ3n) is 2.62. The summed E-state index contributed by atoms with van der Waals surface area (Å²) in [6.07, 6.45) is 1.70. The van der Waals surface area contributed by atoms with Gasteiger partial charge in [0, 0.05) is 12.6 Å². The van der Waals surface area contributed by atoms with Crippen LogP contribution in [0.4, 0.5) is 5.69 Å². The summed E-state index contributed by atoms with van der Waals surface area (Å²) in [7, 11) is 0. The molecular weight excluding hydrogens is 214 g/mol. The zero-order valence-electron chi connectivity index (χ0n) is 10.6. The van der Waals surface area contributed by atoms with Crippen LogP contribution in [-0.4, -0.2) is 22.7 Å². The molecule has 0 aliphatic rings. The lowest BCUT2D eigenvalue weighted by Crippen LogP contribution is -2.31. The van der Waals surface area contributed by atoms with Crippen molar-refractivity contribution in [1.29, 1.82) is 5.26 Å². The van der Waals surface area contributed by atoms with Gasteiger partial charge in [-0.1, -0.05) is 0 Å². The van der Waals surface area contributed by atoms with Crippen LogP contribution < -0.4 is 4.90 Å². The molecule has 0 fully saturated rings. The highest BCUT2D eigenvalue weighted by Crippen LogP contribution is 2.18. The minimum absolute atomic E-state index is 0.322.